The minimum Gasteiger partial charge on any atom is -0.463 e. The molecule has 3 nitrogen and oxygen atoms in total. The lowest BCUT2D eigenvalue weighted by Gasteiger charge is -2.17. The van der Waals surface area contributed by atoms with Crippen molar-refractivity contribution in [3.05, 3.63) is 40.4 Å². The van der Waals surface area contributed by atoms with Crippen molar-refractivity contribution in [3.63, 3.8) is 0 Å². The van der Waals surface area contributed by atoms with Gasteiger partial charge >= 0.3 is 5.97 Å². The SMILES string of the molecule is CCOC(=O)/C=C/CN1CCc2ccc(Br)cc21. The number of hydrogen-bond donors (Lipinski definition) is 0. The molecule has 0 saturated carbocycles. The van der Waals surface area contributed by atoms with Gasteiger partial charge < -0.3 is 9.64 Å². The molecular weight excluding hydrogens is 294 g/mol. The van der Waals surface area contributed by atoms with E-state index in [0.717, 1.165) is 24.0 Å². The monoisotopic (exact) mass is 309 g/mol. The van der Waals surface area contributed by atoms with Crippen molar-refractivity contribution in [1.82, 2.24) is 0 Å². The molecule has 1 aliphatic rings. The lowest BCUT2D eigenvalue weighted by Crippen LogP contribution is -2.20. The Morgan fingerprint density at radius 3 is 3.17 bits per heavy atom. The number of anilines is 1. The Morgan fingerprint density at radius 1 is 1.56 bits per heavy atom. The standard InChI is InChI=1S/C14H16BrNO2/c1-2-18-14(17)4-3-8-16-9-7-11-5-6-12(15)10-13(11)16/h3-6,10H,2,7-9H2,1H3/b4-3+. The van der Waals surface area contributed by atoms with Gasteiger partial charge in [-0.3, -0.25) is 0 Å². The van der Waals surface area contributed by atoms with Crippen molar-refractivity contribution in [1.29, 1.82) is 0 Å². The Balaban J connectivity index is 1.97. The van der Waals surface area contributed by atoms with Crippen LogP contribution in [0.25, 0.3) is 0 Å². The minimum atomic E-state index is -0.272. The van der Waals surface area contributed by atoms with Crippen molar-refractivity contribution in [2.24, 2.45) is 0 Å². The lowest BCUT2D eigenvalue weighted by molar-refractivity contribution is -0.137. The van der Waals surface area contributed by atoms with E-state index in [1.165, 1.54) is 17.3 Å². The molecule has 0 atom stereocenters. The van der Waals surface area contributed by atoms with E-state index in [1.54, 1.807) is 6.92 Å². The predicted molar refractivity (Wildman–Crippen MR) is 75.8 cm³/mol. The number of nitrogens with zero attached hydrogens (tertiary/aromatic N) is 1. The van der Waals surface area contributed by atoms with Gasteiger partial charge in [0, 0.05) is 29.3 Å². The second-order valence-electron chi connectivity index (χ2n) is 4.12. The topological polar surface area (TPSA) is 29.5 Å². The number of esters is 1. The quantitative estimate of drug-likeness (QED) is 0.632. The zero-order chi connectivity index (χ0) is 13.0. The van der Waals surface area contributed by atoms with Gasteiger partial charge in [-0.15, -0.1) is 0 Å². The van der Waals surface area contributed by atoms with Crippen LogP contribution in [-0.4, -0.2) is 25.7 Å². The highest BCUT2D eigenvalue weighted by atomic mass is 79.9. The summed E-state index contributed by atoms with van der Waals surface area (Å²) in [4.78, 5) is 13.4. The maximum absolute atomic E-state index is 11.2. The number of fused-ring (bicyclic) bond motifs is 1. The summed E-state index contributed by atoms with van der Waals surface area (Å²) < 4.78 is 5.93. The molecule has 4 heteroatoms. The molecule has 0 bridgehead atoms. The summed E-state index contributed by atoms with van der Waals surface area (Å²) in [5.41, 5.74) is 2.61. The molecule has 96 valence electrons. The van der Waals surface area contributed by atoms with Crippen molar-refractivity contribution >= 4 is 27.6 Å². The molecule has 0 saturated heterocycles. The number of carbonyl (C=O) groups excluding carboxylic acids is 1. The molecule has 0 amide bonds. The van der Waals surface area contributed by atoms with E-state index in [1.807, 2.05) is 6.08 Å². The molecule has 0 unspecified atom stereocenters. The van der Waals surface area contributed by atoms with Crippen LogP contribution in [0.1, 0.15) is 12.5 Å². The third-order valence-corrected chi connectivity index (χ3v) is 3.40. The fourth-order valence-corrected chi connectivity index (χ4v) is 2.42. The van der Waals surface area contributed by atoms with Crippen LogP contribution in [-0.2, 0) is 16.0 Å². The Bertz CT molecular complexity index is 471. The van der Waals surface area contributed by atoms with E-state index in [9.17, 15) is 4.79 Å². The summed E-state index contributed by atoms with van der Waals surface area (Å²) >= 11 is 3.49. The number of ether oxygens (including phenoxy) is 1. The molecule has 0 aliphatic carbocycles. The van der Waals surface area contributed by atoms with Gasteiger partial charge in [-0.05, 0) is 31.0 Å². The second kappa shape index (κ2) is 6.05. The van der Waals surface area contributed by atoms with Crippen LogP contribution in [0.2, 0.25) is 0 Å². The van der Waals surface area contributed by atoms with Crippen LogP contribution in [0.15, 0.2) is 34.8 Å². The van der Waals surface area contributed by atoms with Crippen LogP contribution >= 0.6 is 15.9 Å². The molecule has 1 aliphatic heterocycles. The van der Waals surface area contributed by atoms with E-state index in [-0.39, 0.29) is 5.97 Å². The molecule has 0 fully saturated rings. The molecule has 1 heterocycles. The number of rotatable bonds is 4. The highest BCUT2D eigenvalue weighted by molar-refractivity contribution is 9.10. The number of hydrogen-bond acceptors (Lipinski definition) is 3. The molecule has 0 radical (unpaired) electrons. The summed E-state index contributed by atoms with van der Waals surface area (Å²) in [7, 11) is 0. The normalized spacial score (nSPS) is 14.0. The summed E-state index contributed by atoms with van der Waals surface area (Å²) in [6, 6.07) is 6.34. The van der Waals surface area contributed by atoms with Crippen LogP contribution in [0.5, 0.6) is 0 Å². The van der Waals surface area contributed by atoms with Gasteiger partial charge in [0.2, 0.25) is 0 Å². The minimum absolute atomic E-state index is 0.272. The zero-order valence-electron chi connectivity index (χ0n) is 10.4. The van der Waals surface area contributed by atoms with Gasteiger partial charge in [0.25, 0.3) is 0 Å². The largest absolute Gasteiger partial charge is 0.463 e. The van der Waals surface area contributed by atoms with Crippen LogP contribution < -0.4 is 4.90 Å². The van der Waals surface area contributed by atoms with Crippen LogP contribution in [0, 0.1) is 0 Å². The maximum atomic E-state index is 11.2. The molecular formula is C14H16BrNO2. The average Bonchev–Trinajstić information content (AvgIpc) is 2.72. The Morgan fingerprint density at radius 2 is 2.39 bits per heavy atom. The van der Waals surface area contributed by atoms with E-state index >= 15 is 0 Å². The summed E-state index contributed by atoms with van der Waals surface area (Å²) in [6.07, 6.45) is 4.42. The fraction of sp³-hybridized carbons (Fsp3) is 0.357. The van der Waals surface area contributed by atoms with E-state index in [0.29, 0.717) is 6.61 Å². The van der Waals surface area contributed by atoms with Gasteiger partial charge in [0.1, 0.15) is 0 Å². The lowest BCUT2D eigenvalue weighted by atomic mass is 10.2. The first-order valence-electron chi connectivity index (χ1n) is 6.07. The highest BCUT2D eigenvalue weighted by Gasteiger charge is 2.17. The molecule has 0 aromatic heterocycles. The predicted octanol–water partition coefficient (Wildman–Crippen LogP) is 2.93. The fourth-order valence-electron chi connectivity index (χ4n) is 2.07. The van der Waals surface area contributed by atoms with Crippen molar-refractivity contribution in [2.45, 2.75) is 13.3 Å². The van der Waals surface area contributed by atoms with E-state index in [2.05, 4.69) is 39.0 Å². The molecule has 2 rings (SSSR count). The Hall–Kier alpha value is -1.29. The third-order valence-electron chi connectivity index (χ3n) is 2.91. The first-order valence-corrected chi connectivity index (χ1v) is 6.86. The van der Waals surface area contributed by atoms with Crippen molar-refractivity contribution in [3.8, 4) is 0 Å². The summed E-state index contributed by atoms with van der Waals surface area (Å²) in [6.45, 7) is 3.96. The zero-order valence-corrected chi connectivity index (χ0v) is 11.9. The van der Waals surface area contributed by atoms with Gasteiger partial charge in [-0.2, -0.15) is 0 Å². The molecule has 0 N–H and O–H groups in total. The van der Waals surface area contributed by atoms with Gasteiger partial charge in [-0.25, -0.2) is 4.79 Å². The van der Waals surface area contributed by atoms with Gasteiger partial charge in [-0.1, -0.05) is 28.1 Å². The molecule has 1 aromatic carbocycles. The average molecular weight is 310 g/mol. The van der Waals surface area contributed by atoms with Gasteiger partial charge in [0.15, 0.2) is 0 Å². The molecule has 18 heavy (non-hydrogen) atoms. The Kier molecular flexibility index (Phi) is 4.42. The first kappa shape index (κ1) is 13.1. The van der Waals surface area contributed by atoms with E-state index < -0.39 is 0 Å². The summed E-state index contributed by atoms with van der Waals surface area (Å²) in [5, 5.41) is 0. The number of halogens is 1. The third kappa shape index (κ3) is 3.13. The summed E-state index contributed by atoms with van der Waals surface area (Å²) in [5.74, 6) is -0.272. The van der Waals surface area contributed by atoms with Crippen LogP contribution in [0.3, 0.4) is 0 Å². The van der Waals surface area contributed by atoms with Crippen molar-refractivity contribution < 1.29 is 9.53 Å². The smallest absolute Gasteiger partial charge is 0.330 e. The van der Waals surface area contributed by atoms with Crippen LogP contribution in [0.4, 0.5) is 5.69 Å². The first-order chi connectivity index (χ1) is 8.70. The molecule has 0 spiro atoms. The van der Waals surface area contributed by atoms with E-state index in [4.69, 9.17) is 4.74 Å². The van der Waals surface area contributed by atoms with Crippen molar-refractivity contribution in [2.75, 3.05) is 24.6 Å². The van der Waals surface area contributed by atoms with Gasteiger partial charge in [0.05, 0.1) is 6.61 Å². The maximum Gasteiger partial charge on any atom is 0.330 e. The number of benzene rings is 1. The highest BCUT2D eigenvalue weighted by Crippen LogP contribution is 2.30. The Labute approximate surface area is 116 Å². The number of carbonyl (C=O) groups is 1. The molecule has 1 aromatic rings. The second-order valence-corrected chi connectivity index (χ2v) is 5.04.